The van der Waals surface area contributed by atoms with Crippen molar-refractivity contribution < 1.29 is 19.1 Å². The van der Waals surface area contributed by atoms with E-state index in [0.717, 1.165) is 16.8 Å². The van der Waals surface area contributed by atoms with Gasteiger partial charge in [0.2, 0.25) is 5.91 Å². The first-order valence-electron chi connectivity index (χ1n) is 7.73. The van der Waals surface area contributed by atoms with Gasteiger partial charge in [-0.15, -0.1) is 0 Å². The monoisotopic (exact) mass is 323 g/mol. The second-order valence-electron chi connectivity index (χ2n) is 5.73. The maximum absolute atomic E-state index is 12.3. The number of nitrogens with one attached hydrogen (secondary N) is 1. The molecule has 0 aliphatic carbocycles. The van der Waals surface area contributed by atoms with Gasteiger partial charge in [-0.05, 0) is 48.7 Å². The fraction of sp³-hybridized carbons (Fsp3) is 0.211. The molecule has 0 bridgehead atoms. The van der Waals surface area contributed by atoms with Gasteiger partial charge in [-0.25, -0.2) is 4.79 Å². The minimum atomic E-state index is -0.508. The van der Waals surface area contributed by atoms with E-state index in [0.29, 0.717) is 24.0 Å². The maximum Gasteiger partial charge on any atom is 0.338 e. The van der Waals surface area contributed by atoms with Gasteiger partial charge in [-0.1, -0.05) is 18.2 Å². The van der Waals surface area contributed by atoms with Crippen molar-refractivity contribution >= 4 is 23.3 Å². The van der Waals surface area contributed by atoms with Crippen LogP contribution in [0.25, 0.3) is 0 Å². The number of hydrogen-bond acceptors (Lipinski definition) is 4. The fourth-order valence-electron chi connectivity index (χ4n) is 2.65. The predicted octanol–water partition coefficient (Wildman–Crippen LogP) is 2.92. The molecule has 5 heteroatoms. The first kappa shape index (κ1) is 15.9. The van der Waals surface area contributed by atoms with Crippen LogP contribution in [-0.2, 0) is 16.0 Å². The van der Waals surface area contributed by atoms with E-state index in [1.807, 2.05) is 19.1 Å². The molecule has 0 saturated carbocycles. The average molecular weight is 323 g/mol. The van der Waals surface area contributed by atoms with Crippen molar-refractivity contribution in [2.24, 2.45) is 0 Å². The van der Waals surface area contributed by atoms with Gasteiger partial charge in [-0.2, -0.15) is 0 Å². The SMILES string of the molecule is Cc1ccccc1C(=O)OCC(=O)c1ccc2c(c1)CCC(=O)N2. The summed E-state index contributed by atoms with van der Waals surface area (Å²) in [6.45, 7) is 1.51. The van der Waals surface area contributed by atoms with Crippen molar-refractivity contribution in [3.05, 3.63) is 64.7 Å². The van der Waals surface area contributed by atoms with Gasteiger partial charge in [0.1, 0.15) is 0 Å². The third kappa shape index (κ3) is 3.35. The van der Waals surface area contributed by atoms with Crippen molar-refractivity contribution in [1.82, 2.24) is 0 Å². The second-order valence-corrected chi connectivity index (χ2v) is 5.73. The molecule has 24 heavy (non-hydrogen) atoms. The summed E-state index contributed by atoms with van der Waals surface area (Å²) in [5.41, 5.74) is 3.39. The van der Waals surface area contributed by atoms with Crippen LogP contribution >= 0.6 is 0 Å². The van der Waals surface area contributed by atoms with Gasteiger partial charge in [0, 0.05) is 17.7 Å². The minimum absolute atomic E-state index is 0.0197. The molecular formula is C19H17NO4. The molecule has 1 aliphatic rings. The highest BCUT2D eigenvalue weighted by molar-refractivity contribution is 6.01. The topological polar surface area (TPSA) is 72.5 Å². The Morgan fingerprint density at radius 1 is 1.12 bits per heavy atom. The van der Waals surface area contributed by atoms with E-state index in [4.69, 9.17) is 4.74 Å². The summed E-state index contributed by atoms with van der Waals surface area (Å²) in [6, 6.07) is 12.2. The molecule has 0 saturated heterocycles. The highest BCUT2D eigenvalue weighted by Crippen LogP contribution is 2.23. The van der Waals surface area contributed by atoms with E-state index in [2.05, 4.69) is 5.32 Å². The average Bonchev–Trinajstić information content (AvgIpc) is 2.59. The molecule has 1 aliphatic heterocycles. The number of aryl methyl sites for hydroxylation is 2. The van der Waals surface area contributed by atoms with Crippen molar-refractivity contribution in [2.45, 2.75) is 19.8 Å². The van der Waals surface area contributed by atoms with E-state index in [1.54, 1.807) is 30.3 Å². The Balaban J connectivity index is 1.66. The summed E-state index contributed by atoms with van der Waals surface area (Å²) in [5.74, 6) is -0.794. The number of esters is 1. The second kappa shape index (κ2) is 6.66. The van der Waals surface area contributed by atoms with Crippen molar-refractivity contribution in [3.63, 3.8) is 0 Å². The molecule has 5 nitrogen and oxygen atoms in total. The van der Waals surface area contributed by atoms with Crippen LogP contribution < -0.4 is 5.32 Å². The van der Waals surface area contributed by atoms with Crippen molar-refractivity contribution in [2.75, 3.05) is 11.9 Å². The molecule has 122 valence electrons. The smallest absolute Gasteiger partial charge is 0.338 e. The number of fused-ring (bicyclic) bond motifs is 1. The molecule has 0 spiro atoms. The van der Waals surface area contributed by atoms with Crippen LogP contribution in [0.15, 0.2) is 42.5 Å². The lowest BCUT2D eigenvalue weighted by Gasteiger charge is -2.17. The van der Waals surface area contributed by atoms with Gasteiger partial charge >= 0.3 is 5.97 Å². The minimum Gasteiger partial charge on any atom is -0.454 e. The molecule has 2 aromatic rings. The van der Waals surface area contributed by atoms with Crippen LogP contribution in [0.1, 0.15) is 38.3 Å². The Labute approximate surface area is 139 Å². The van der Waals surface area contributed by atoms with Crippen LogP contribution in [0.2, 0.25) is 0 Å². The van der Waals surface area contributed by atoms with Crippen molar-refractivity contribution in [1.29, 1.82) is 0 Å². The van der Waals surface area contributed by atoms with E-state index in [1.165, 1.54) is 0 Å². The van der Waals surface area contributed by atoms with Crippen LogP contribution in [0.4, 0.5) is 5.69 Å². The zero-order chi connectivity index (χ0) is 17.1. The zero-order valence-corrected chi connectivity index (χ0v) is 13.3. The lowest BCUT2D eigenvalue weighted by atomic mass is 9.99. The van der Waals surface area contributed by atoms with E-state index in [9.17, 15) is 14.4 Å². The van der Waals surface area contributed by atoms with Gasteiger partial charge in [0.25, 0.3) is 0 Å². The number of anilines is 1. The molecule has 0 unspecified atom stereocenters. The summed E-state index contributed by atoms with van der Waals surface area (Å²) in [4.78, 5) is 35.6. The fourth-order valence-corrected chi connectivity index (χ4v) is 2.65. The first-order valence-corrected chi connectivity index (χ1v) is 7.73. The number of ether oxygens (including phenoxy) is 1. The number of ketones is 1. The molecule has 1 amide bonds. The van der Waals surface area contributed by atoms with Gasteiger partial charge < -0.3 is 10.1 Å². The number of carbonyl (C=O) groups excluding carboxylic acids is 3. The molecule has 1 N–H and O–H groups in total. The number of Topliss-reactive ketones (excluding diaryl/α,β-unsaturated/α-hetero) is 1. The quantitative estimate of drug-likeness (QED) is 0.693. The van der Waals surface area contributed by atoms with Crippen molar-refractivity contribution in [3.8, 4) is 0 Å². The Bertz CT molecular complexity index is 826. The molecule has 0 fully saturated rings. The lowest BCUT2D eigenvalue weighted by Crippen LogP contribution is -2.20. The standard InChI is InChI=1S/C19H17NO4/c1-12-4-2-3-5-15(12)19(23)24-11-17(21)14-6-8-16-13(10-14)7-9-18(22)20-16/h2-6,8,10H,7,9,11H2,1H3,(H,20,22). The normalized spacial score (nSPS) is 13.0. The number of carbonyl (C=O) groups is 3. The lowest BCUT2D eigenvalue weighted by molar-refractivity contribution is -0.116. The van der Waals surface area contributed by atoms with Crippen LogP contribution in [0.5, 0.6) is 0 Å². The molecule has 0 radical (unpaired) electrons. The summed E-state index contributed by atoms with van der Waals surface area (Å²) in [6.07, 6.45) is 1.01. The van der Waals surface area contributed by atoms with Crippen LogP contribution in [-0.4, -0.2) is 24.3 Å². The number of amides is 1. The molecular weight excluding hydrogens is 306 g/mol. The summed E-state index contributed by atoms with van der Waals surface area (Å²) < 4.78 is 5.13. The highest BCUT2D eigenvalue weighted by Gasteiger charge is 2.18. The molecule has 0 atom stereocenters. The number of benzene rings is 2. The Hall–Kier alpha value is -2.95. The molecule has 0 aromatic heterocycles. The van der Waals surface area contributed by atoms with Crippen LogP contribution in [0, 0.1) is 6.92 Å². The Morgan fingerprint density at radius 2 is 1.92 bits per heavy atom. The summed E-state index contributed by atoms with van der Waals surface area (Å²) in [7, 11) is 0. The van der Waals surface area contributed by atoms with Gasteiger partial charge in [-0.3, -0.25) is 9.59 Å². The third-order valence-electron chi connectivity index (χ3n) is 4.02. The van der Waals surface area contributed by atoms with E-state index < -0.39 is 5.97 Å². The third-order valence-corrected chi connectivity index (χ3v) is 4.02. The van der Waals surface area contributed by atoms with Gasteiger partial charge in [0.15, 0.2) is 12.4 Å². The highest BCUT2D eigenvalue weighted by atomic mass is 16.5. The number of rotatable bonds is 4. The van der Waals surface area contributed by atoms with E-state index >= 15 is 0 Å². The summed E-state index contributed by atoms with van der Waals surface area (Å²) >= 11 is 0. The largest absolute Gasteiger partial charge is 0.454 e. The molecule has 2 aromatic carbocycles. The van der Waals surface area contributed by atoms with Crippen LogP contribution in [0.3, 0.4) is 0 Å². The molecule has 3 rings (SSSR count). The van der Waals surface area contributed by atoms with Gasteiger partial charge in [0.05, 0.1) is 5.56 Å². The Kier molecular flexibility index (Phi) is 4.42. The maximum atomic E-state index is 12.3. The zero-order valence-electron chi connectivity index (χ0n) is 13.3. The predicted molar refractivity (Wildman–Crippen MR) is 89.2 cm³/mol. The van der Waals surface area contributed by atoms with E-state index in [-0.39, 0.29) is 18.3 Å². The number of hydrogen-bond donors (Lipinski definition) is 1. The Morgan fingerprint density at radius 3 is 2.71 bits per heavy atom. The summed E-state index contributed by atoms with van der Waals surface area (Å²) in [5, 5.41) is 2.77. The first-order chi connectivity index (χ1) is 11.5. The molecule has 1 heterocycles.